The van der Waals surface area contributed by atoms with E-state index >= 15 is 0 Å². The van der Waals surface area contributed by atoms with Crippen molar-refractivity contribution in [2.45, 2.75) is 161 Å². The monoisotopic (exact) mass is 552 g/mol. The van der Waals surface area contributed by atoms with Gasteiger partial charge in [-0.3, -0.25) is 0 Å². The van der Waals surface area contributed by atoms with Crippen molar-refractivity contribution in [1.82, 2.24) is 0 Å². The third-order valence-corrected chi connectivity index (χ3v) is 17.7. The Morgan fingerprint density at radius 3 is 1.76 bits per heavy atom. The Morgan fingerprint density at radius 2 is 1.22 bits per heavy atom. The van der Waals surface area contributed by atoms with Crippen LogP contribution in [0.25, 0.3) is 0 Å². The van der Waals surface area contributed by atoms with Crippen LogP contribution in [0, 0.1) is 0 Å². The van der Waals surface area contributed by atoms with E-state index in [0.717, 1.165) is 32.1 Å². The zero-order valence-corrected chi connectivity index (χ0v) is 28.1. The molecule has 216 valence electrons. The zero-order chi connectivity index (χ0) is 28.2. The van der Waals surface area contributed by atoms with Crippen molar-refractivity contribution in [3.8, 4) is 0 Å². The van der Waals surface area contributed by atoms with Gasteiger partial charge in [0, 0.05) is 12.2 Å². The fourth-order valence-corrected chi connectivity index (χ4v) is 6.88. The molecule has 6 heteroatoms. The molecule has 0 saturated carbocycles. The lowest BCUT2D eigenvalue weighted by molar-refractivity contribution is -0.137. The Morgan fingerprint density at radius 1 is 0.730 bits per heavy atom. The van der Waals surface area contributed by atoms with E-state index in [0.29, 0.717) is 6.61 Å². The second-order valence-electron chi connectivity index (χ2n) is 14.0. The summed E-state index contributed by atoms with van der Waals surface area (Å²) in [5.74, 6) is -0.254. The van der Waals surface area contributed by atoms with Crippen molar-refractivity contribution in [1.29, 1.82) is 0 Å². The van der Waals surface area contributed by atoms with Crippen LogP contribution in [0.1, 0.15) is 112 Å². The first kappa shape index (κ1) is 34.3. The smallest absolute Gasteiger partial charge is 0.330 e. The number of cyclic esters (lactones) is 1. The highest BCUT2D eigenvalue weighted by atomic mass is 28.4. The number of hydrogen-bond donors (Lipinski definition) is 0. The van der Waals surface area contributed by atoms with Crippen LogP contribution in [0.4, 0.5) is 0 Å². The molecule has 4 nitrogen and oxygen atoms in total. The summed E-state index contributed by atoms with van der Waals surface area (Å²) in [7, 11) is -3.84. The number of carbonyl (C=O) groups is 1. The predicted octanol–water partition coefficient (Wildman–Crippen LogP) is 9.73. The molecule has 1 rings (SSSR count). The summed E-state index contributed by atoms with van der Waals surface area (Å²) in [5, 5.41) is 0.338. The summed E-state index contributed by atoms with van der Waals surface area (Å²) < 4.78 is 19.4. The number of esters is 1. The minimum absolute atomic E-state index is 0.109. The molecule has 0 aliphatic carbocycles. The van der Waals surface area contributed by atoms with Crippen molar-refractivity contribution in [2.24, 2.45) is 0 Å². The molecule has 0 aromatic heterocycles. The van der Waals surface area contributed by atoms with Crippen molar-refractivity contribution in [3.63, 3.8) is 0 Å². The molecule has 37 heavy (non-hydrogen) atoms. The Labute approximate surface area is 232 Å². The summed E-state index contributed by atoms with van der Waals surface area (Å²) in [4.78, 5) is 12.0. The number of rotatable bonds is 4. The van der Waals surface area contributed by atoms with Gasteiger partial charge in [0.2, 0.25) is 0 Å². The van der Waals surface area contributed by atoms with Crippen molar-refractivity contribution < 1.29 is 18.4 Å². The third-order valence-electron chi connectivity index (χ3n) is 8.60. The minimum atomic E-state index is -1.94. The van der Waals surface area contributed by atoms with Gasteiger partial charge in [0.15, 0.2) is 16.6 Å². The molecule has 0 radical (unpaired) electrons. The van der Waals surface area contributed by atoms with Crippen molar-refractivity contribution >= 4 is 22.6 Å². The van der Waals surface area contributed by atoms with E-state index in [1.807, 2.05) is 6.08 Å². The lowest BCUT2D eigenvalue weighted by Crippen LogP contribution is -2.47. The Balaban J connectivity index is 3.12. The van der Waals surface area contributed by atoms with Gasteiger partial charge >= 0.3 is 5.97 Å². The lowest BCUT2D eigenvalue weighted by atomic mass is 10.0. The van der Waals surface area contributed by atoms with E-state index < -0.39 is 16.6 Å². The first-order valence-corrected chi connectivity index (χ1v) is 20.7. The fraction of sp³-hybridized carbons (Fsp3) is 0.839. The van der Waals surface area contributed by atoms with Crippen LogP contribution >= 0.6 is 0 Å². The van der Waals surface area contributed by atoms with E-state index in [-0.39, 0.29) is 28.3 Å². The highest BCUT2D eigenvalue weighted by Gasteiger charge is 2.41. The molecular weight excluding hydrogens is 493 g/mol. The third kappa shape index (κ3) is 13.8. The van der Waals surface area contributed by atoms with Crippen LogP contribution in [0.15, 0.2) is 24.3 Å². The van der Waals surface area contributed by atoms with Crippen LogP contribution in [0.2, 0.25) is 36.3 Å². The van der Waals surface area contributed by atoms with Crippen molar-refractivity contribution in [2.75, 3.05) is 6.61 Å². The van der Waals surface area contributed by atoms with E-state index in [1.54, 1.807) is 6.08 Å². The van der Waals surface area contributed by atoms with Crippen molar-refractivity contribution in [3.05, 3.63) is 24.3 Å². The van der Waals surface area contributed by atoms with Gasteiger partial charge in [-0.05, 0) is 61.9 Å². The second-order valence-corrected chi connectivity index (χ2v) is 23.6. The molecule has 1 aliphatic heterocycles. The summed E-state index contributed by atoms with van der Waals surface area (Å²) in [5.41, 5.74) is 0. The largest absolute Gasteiger partial charge is 0.463 e. The molecule has 0 aromatic rings. The van der Waals surface area contributed by atoms with Gasteiger partial charge in [-0.1, -0.05) is 105 Å². The van der Waals surface area contributed by atoms with Gasteiger partial charge in [0.25, 0.3) is 0 Å². The van der Waals surface area contributed by atoms with Gasteiger partial charge in [-0.15, -0.1) is 0 Å². The first-order valence-electron chi connectivity index (χ1n) is 14.9. The van der Waals surface area contributed by atoms with Crippen LogP contribution in [0.5, 0.6) is 0 Å². The molecule has 2 unspecified atom stereocenters. The maximum atomic E-state index is 12.0. The Bertz CT molecular complexity index is 714. The maximum Gasteiger partial charge on any atom is 0.330 e. The molecule has 1 aliphatic rings. The second kappa shape index (κ2) is 15.8. The number of allylic oxidation sites excluding steroid dienone is 2. The van der Waals surface area contributed by atoms with Gasteiger partial charge in [0.05, 0.1) is 12.7 Å². The van der Waals surface area contributed by atoms with E-state index in [4.69, 9.17) is 13.6 Å². The standard InChI is InChI=1S/C31H60O4Si2/c1-30(2,3)36(7,8)34-27-22-18-15-13-11-12-14-16-21-25-33-29(32)24-20-17-19-23-28(26-27)35-37(9,10)31(4,5)6/h17,19-20,24,27-28H,11-16,18,21-23,25-26H2,1-10H3/b19-17+,24-20+. The molecule has 0 aromatic carbocycles. The summed E-state index contributed by atoms with van der Waals surface area (Å²) in [6.45, 7) is 23.8. The highest BCUT2D eigenvalue weighted by Crippen LogP contribution is 2.40. The van der Waals surface area contributed by atoms with Crippen LogP contribution < -0.4 is 0 Å². The average molecular weight is 553 g/mol. The van der Waals surface area contributed by atoms with Crippen LogP contribution in [0.3, 0.4) is 0 Å². The molecule has 0 spiro atoms. The lowest BCUT2D eigenvalue weighted by Gasteiger charge is -2.42. The van der Waals surface area contributed by atoms with E-state index in [1.165, 1.54) is 44.6 Å². The molecule has 2 atom stereocenters. The molecular formula is C31H60O4Si2. The first-order chi connectivity index (χ1) is 17.1. The van der Waals surface area contributed by atoms with E-state index in [9.17, 15) is 4.79 Å². The zero-order valence-electron chi connectivity index (χ0n) is 26.1. The summed E-state index contributed by atoms with van der Waals surface area (Å²) in [6, 6.07) is 0. The van der Waals surface area contributed by atoms with Gasteiger partial charge < -0.3 is 13.6 Å². The Hall–Kier alpha value is -0.696. The average Bonchev–Trinajstić information content (AvgIpc) is 2.74. The maximum absolute atomic E-state index is 12.0. The fourth-order valence-electron chi connectivity index (χ4n) is 4.10. The van der Waals surface area contributed by atoms with Gasteiger partial charge in [0.1, 0.15) is 0 Å². The Kier molecular flexibility index (Phi) is 14.6. The SMILES string of the molecule is CC(C)(C)[Si](C)(C)OC1C/C=C/C=C/C(=O)OCCCCCCCCCCC(O[Si](C)(C)C(C)(C)C)C1. The number of ether oxygens (including phenoxy) is 1. The number of hydrogen-bond acceptors (Lipinski definition) is 4. The van der Waals surface area contributed by atoms with Crippen LogP contribution in [-0.2, 0) is 18.4 Å². The molecule has 1 heterocycles. The number of carbonyl (C=O) groups excluding carboxylic acids is 1. The van der Waals surface area contributed by atoms with Crippen LogP contribution in [-0.4, -0.2) is 41.4 Å². The molecule has 0 fully saturated rings. The van der Waals surface area contributed by atoms with E-state index in [2.05, 4.69) is 73.8 Å². The summed E-state index contributed by atoms with van der Waals surface area (Å²) in [6.07, 6.45) is 20.3. The molecule has 0 bridgehead atoms. The predicted molar refractivity (Wildman–Crippen MR) is 164 cm³/mol. The highest BCUT2D eigenvalue weighted by molar-refractivity contribution is 6.74. The quantitative estimate of drug-likeness (QED) is 0.257. The topological polar surface area (TPSA) is 44.8 Å². The molecule has 0 amide bonds. The summed E-state index contributed by atoms with van der Waals surface area (Å²) >= 11 is 0. The normalized spacial score (nSPS) is 25.2. The molecule has 0 saturated heterocycles. The van der Waals surface area contributed by atoms with Gasteiger partial charge in [-0.25, -0.2) is 4.79 Å². The molecule has 0 N–H and O–H groups in total. The minimum Gasteiger partial charge on any atom is -0.463 e. The van der Waals surface area contributed by atoms with Gasteiger partial charge in [-0.2, -0.15) is 0 Å².